The van der Waals surface area contributed by atoms with E-state index in [0.717, 1.165) is 11.0 Å². The van der Waals surface area contributed by atoms with Gasteiger partial charge in [-0.05, 0) is 58.7 Å². The van der Waals surface area contributed by atoms with Crippen LogP contribution < -0.4 is 5.32 Å². The van der Waals surface area contributed by atoms with Crippen molar-refractivity contribution in [3.8, 4) is 0 Å². The summed E-state index contributed by atoms with van der Waals surface area (Å²) in [5.74, 6) is 0. The SMILES string of the molecule is CCn1ncc(Br)c1C(NC)c1cscc1C. The predicted molar refractivity (Wildman–Crippen MR) is 75.6 cm³/mol. The summed E-state index contributed by atoms with van der Waals surface area (Å²) >= 11 is 5.33. The van der Waals surface area contributed by atoms with E-state index in [0.29, 0.717) is 0 Å². The Morgan fingerprint density at radius 1 is 1.53 bits per heavy atom. The molecule has 0 radical (unpaired) electrons. The summed E-state index contributed by atoms with van der Waals surface area (Å²) in [5, 5.41) is 12.1. The first kappa shape index (κ1) is 12.8. The minimum atomic E-state index is 0.193. The monoisotopic (exact) mass is 313 g/mol. The molecule has 17 heavy (non-hydrogen) atoms. The highest BCUT2D eigenvalue weighted by atomic mass is 79.9. The summed E-state index contributed by atoms with van der Waals surface area (Å²) in [6, 6.07) is 0.193. The maximum Gasteiger partial charge on any atom is 0.0768 e. The van der Waals surface area contributed by atoms with Crippen LogP contribution in [0, 0.1) is 6.92 Å². The lowest BCUT2D eigenvalue weighted by atomic mass is 10.0. The number of rotatable bonds is 4. The Morgan fingerprint density at radius 3 is 2.82 bits per heavy atom. The van der Waals surface area contributed by atoms with Crippen LogP contribution in [0.3, 0.4) is 0 Å². The van der Waals surface area contributed by atoms with Crippen LogP contribution in [0.4, 0.5) is 0 Å². The zero-order chi connectivity index (χ0) is 12.4. The smallest absolute Gasteiger partial charge is 0.0768 e. The van der Waals surface area contributed by atoms with Crippen LogP contribution >= 0.6 is 27.3 Å². The van der Waals surface area contributed by atoms with Crippen molar-refractivity contribution in [2.45, 2.75) is 26.4 Å². The number of aromatic nitrogens is 2. The standard InChI is InChI=1S/C12H16BrN3S/c1-4-16-12(10(13)5-15-16)11(14-3)9-7-17-6-8(9)2/h5-7,11,14H,4H2,1-3H3. The van der Waals surface area contributed by atoms with Crippen molar-refractivity contribution in [2.75, 3.05) is 7.05 Å². The average molecular weight is 314 g/mol. The number of hydrogen-bond donors (Lipinski definition) is 1. The summed E-state index contributed by atoms with van der Waals surface area (Å²) in [6.45, 7) is 5.13. The van der Waals surface area contributed by atoms with Crippen molar-refractivity contribution < 1.29 is 0 Å². The van der Waals surface area contributed by atoms with E-state index in [4.69, 9.17) is 0 Å². The molecule has 1 N–H and O–H groups in total. The molecule has 0 aliphatic carbocycles. The van der Waals surface area contributed by atoms with E-state index in [9.17, 15) is 0 Å². The van der Waals surface area contributed by atoms with E-state index in [1.165, 1.54) is 16.8 Å². The summed E-state index contributed by atoms with van der Waals surface area (Å²) in [4.78, 5) is 0. The predicted octanol–water partition coefficient (Wildman–Crippen LogP) is 3.34. The molecule has 0 saturated heterocycles. The van der Waals surface area contributed by atoms with Gasteiger partial charge in [-0.1, -0.05) is 0 Å². The fourth-order valence-corrected chi connectivity index (χ4v) is 3.42. The molecule has 0 aromatic carbocycles. The molecule has 0 amide bonds. The molecule has 0 saturated carbocycles. The van der Waals surface area contributed by atoms with Crippen molar-refractivity contribution >= 4 is 27.3 Å². The van der Waals surface area contributed by atoms with E-state index < -0.39 is 0 Å². The van der Waals surface area contributed by atoms with Crippen LogP contribution in [0.1, 0.15) is 29.8 Å². The maximum atomic E-state index is 4.38. The highest BCUT2D eigenvalue weighted by Gasteiger charge is 2.21. The van der Waals surface area contributed by atoms with Crippen molar-refractivity contribution in [3.63, 3.8) is 0 Å². The molecule has 0 fully saturated rings. The molecule has 0 aliphatic rings. The Bertz CT molecular complexity index is 504. The first-order valence-corrected chi connectivity index (χ1v) is 7.33. The van der Waals surface area contributed by atoms with Gasteiger partial charge in [-0.25, -0.2) is 0 Å². The van der Waals surface area contributed by atoms with Crippen molar-refractivity contribution in [1.29, 1.82) is 0 Å². The minimum absolute atomic E-state index is 0.193. The summed E-state index contributed by atoms with van der Waals surface area (Å²) in [5.41, 5.74) is 3.84. The zero-order valence-electron chi connectivity index (χ0n) is 10.2. The lowest BCUT2D eigenvalue weighted by molar-refractivity contribution is 0.561. The fourth-order valence-electron chi connectivity index (χ4n) is 2.02. The lowest BCUT2D eigenvalue weighted by Gasteiger charge is -2.18. The van der Waals surface area contributed by atoms with Gasteiger partial charge in [-0.2, -0.15) is 16.4 Å². The summed E-state index contributed by atoms with van der Waals surface area (Å²) in [7, 11) is 1.99. The van der Waals surface area contributed by atoms with Crippen LogP contribution in [0.25, 0.3) is 0 Å². The quantitative estimate of drug-likeness (QED) is 0.938. The second-order valence-corrected chi connectivity index (χ2v) is 5.52. The second kappa shape index (κ2) is 5.33. The van der Waals surface area contributed by atoms with Crippen LogP contribution in [-0.4, -0.2) is 16.8 Å². The van der Waals surface area contributed by atoms with Gasteiger partial charge in [0.1, 0.15) is 0 Å². The van der Waals surface area contributed by atoms with Crippen LogP contribution in [0.2, 0.25) is 0 Å². The molecule has 3 nitrogen and oxygen atoms in total. The molecule has 2 rings (SSSR count). The zero-order valence-corrected chi connectivity index (χ0v) is 12.6. The molecule has 0 spiro atoms. The third-order valence-corrected chi connectivity index (χ3v) is 4.39. The molecule has 0 aliphatic heterocycles. The lowest BCUT2D eigenvalue weighted by Crippen LogP contribution is -2.22. The van der Waals surface area contributed by atoms with Gasteiger partial charge in [-0.15, -0.1) is 0 Å². The fraction of sp³-hybridized carbons (Fsp3) is 0.417. The van der Waals surface area contributed by atoms with E-state index >= 15 is 0 Å². The molecular weight excluding hydrogens is 298 g/mol. The topological polar surface area (TPSA) is 29.9 Å². The molecule has 92 valence electrons. The number of nitrogens with zero attached hydrogens (tertiary/aromatic N) is 2. The first-order chi connectivity index (χ1) is 8.19. The van der Waals surface area contributed by atoms with Crippen molar-refractivity contribution in [3.05, 3.63) is 38.3 Å². The molecule has 0 bridgehead atoms. The van der Waals surface area contributed by atoms with Crippen LogP contribution in [0.15, 0.2) is 21.4 Å². The van der Waals surface area contributed by atoms with E-state index in [2.05, 4.69) is 51.0 Å². The molecule has 1 atom stereocenters. The number of aryl methyl sites for hydroxylation is 2. The van der Waals surface area contributed by atoms with E-state index in [1.807, 2.05) is 17.9 Å². The average Bonchev–Trinajstić information content (AvgIpc) is 2.89. The molecule has 2 aromatic rings. The Labute approximate surface area is 114 Å². The van der Waals surface area contributed by atoms with Gasteiger partial charge in [-0.3, -0.25) is 4.68 Å². The van der Waals surface area contributed by atoms with Gasteiger partial charge in [0.25, 0.3) is 0 Å². The van der Waals surface area contributed by atoms with Crippen LogP contribution in [-0.2, 0) is 6.54 Å². The number of halogens is 1. The summed E-state index contributed by atoms with van der Waals surface area (Å²) in [6.07, 6.45) is 1.87. The molecule has 2 aromatic heterocycles. The van der Waals surface area contributed by atoms with Gasteiger partial charge in [0, 0.05) is 6.54 Å². The number of thiophene rings is 1. The first-order valence-electron chi connectivity index (χ1n) is 5.60. The Balaban J connectivity index is 2.49. The van der Waals surface area contributed by atoms with Gasteiger partial charge in [0.2, 0.25) is 0 Å². The Hall–Kier alpha value is -0.650. The minimum Gasteiger partial charge on any atom is -0.308 e. The largest absolute Gasteiger partial charge is 0.308 e. The Kier molecular flexibility index (Phi) is 4.01. The highest BCUT2D eigenvalue weighted by molar-refractivity contribution is 9.10. The number of hydrogen-bond acceptors (Lipinski definition) is 3. The molecule has 2 heterocycles. The van der Waals surface area contributed by atoms with Gasteiger partial charge >= 0.3 is 0 Å². The molecular formula is C12H16BrN3S. The molecule has 1 unspecified atom stereocenters. The van der Waals surface area contributed by atoms with Gasteiger partial charge < -0.3 is 5.32 Å². The molecule has 5 heteroatoms. The Morgan fingerprint density at radius 2 is 2.29 bits per heavy atom. The van der Waals surface area contributed by atoms with Gasteiger partial charge in [0.05, 0.1) is 22.4 Å². The van der Waals surface area contributed by atoms with Crippen LogP contribution in [0.5, 0.6) is 0 Å². The second-order valence-electron chi connectivity index (χ2n) is 3.93. The van der Waals surface area contributed by atoms with Gasteiger partial charge in [0.15, 0.2) is 0 Å². The van der Waals surface area contributed by atoms with E-state index in [1.54, 1.807) is 11.3 Å². The number of nitrogens with one attached hydrogen (secondary N) is 1. The highest BCUT2D eigenvalue weighted by Crippen LogP contribution is 2.31. The normalized spacial score (nSPS) is 12.9. The maximum absolute atomic E-state index is 4.38. The van der Waals surface area contributed by atoms with Crippen molar-refractivity contribution in [2.24, 2.45) is 0 Å². The van der Waals surface area contributed by atoms with Crippen molar-refractivity contribution in [1.82, 2.24) is 15.1 Å². The van der Waals surface area contributed by atoms with E-state index in [-0.39, 0.29) is 6.04 Å². The third kappa shape index (κ3) is 2.32. The summed E-state index contributed by atoms with van der Waals surface area (Å²) < 4.78 is 3.09. The third-order valence-electron chi connectivity index (χ3n) is 2.90.